The minimum Gasteiger partial charge on any atom is -0.481 e. The summed E-state index contributed by atoms with van der Waals surface area (Å²) in [7, 11) is 0. The minimum absolute atomic E-state index is 0.0291. The van der Waals surface area contributed by atoms with Crippen molar-refractivity contribution in [1.29, 1.82) is 0 Å². The van der Waals surface area contributed by atoms with Crippen LogP contribution in [-0.4, -0.2) is 65.9 Å². The predicted molar refractivity (Wildman–Crippen MR) is 185 cm³/mol. The Labute approximate surface area is 288 Å². The number of nitrogens with one attached hydrogen (secondary N) is 1. The molecule has 2 N–H and O–H groups in total. The first-order chi connectivity index (χ1) is 22.3. The maximum Gasteiger partial charge on any atom is 0.309 e. The summed E-state index contributed by atoms with van der Waals surface area (Å²) in [5.41, 5.74) is 0.606. The van der Waals surface area contributed by atoms with Gasteiger partial charge in [0.1, 0.15) is 11.9 Å². The number of fused-ring (bicyclic) bond motifs is 6. The lowest BCUT2D eigenvalue weighted by molar-refractivity contribution is -0.214. The first-order valence-electron chi connectivity index (χ1n) is 19.0. The molecular formula is C40H62N2O6. The van der Waals surface area contributed by atoms with Crippen LogP contribution in [0.5, 0.6) is 0 Å². The first kappa shape index (κ1) is 35.6. The van der Waals surface area contributed by atoms with Crippen LogP contribution in [0.3, 0.4) is 0 Å². The van der Waals surface area contributed by atoms with E-state index >= 15 is 0 Å². The van der Waals surface area contributed by atoms with E-state index in [0.717, 1.165) is 64.5 Å². The van der Waals surface area contributed by atoms with Crippen molar-refractivity contribution in [2.75, 3.05) is 26.2 Å². The third-order valence-corrected chi connectivity index (χ3v) is 15.5. The molecule has 48 heavy (non-hydrogen) atoms. The fourth-order valence-corrected chi connectivity index (χ4v) is 12.8. The number of amides is 1. The van der Waals surface area contributed by atoms with Gasteiger partial charge >= 0.3 is 11.9 Å². The number of allylic oxidation sites excluding steroid dienone is 1. The number of carbonyl (C=O) groups excluding carboxylic acids is 3. The van der Waals surface area contributed by atoms with Crippen LogP contribution in [0.2, 0.25) is 0 Å². The van der Waals surface area contributed by atoms with Gasteiger partial charge in [-0.1, -0.05) is 54.0 Å². The second-order valence-electron chi connectivity index (χ2n) is 19.0. The van der Waals surface area contributed by atoms with Gasteiger partial charge in [0.05, 0.1) is 17.3 Å². The molecule has 5 fully saturated rings. The number of rotatable bonds is 6. The zero-order valence-electron chi connectivity index (χ0n) is 31.2. The van der Waals surface area contributed by atoms with Gasteiger partial charge in [-0.05, 0) is 105 Å². The summed E-state index contributed by atoms with van der Waals surface area (Å²) in [6.45, 7) is 22.6. The van der Waals surface area contributed by atoms with Gasteiger partial charge < -0.3 is 20.1 Å². The second-order valence-corrected chi connectivity index (χ2v) is 19.0. The van der Waals surface area contributed by atoms with Crippen molar-refractivity contribution in [1.82, 2.24) is 10.2 Å². The Kier molecular flexibility index (Phi) is 8.65. The van der Waals surface area contributed by atoms with E-state index in [-0.39, 0.29) is 57.7 Å². The molecule has 0 radical (unpaired) electrons. The fourth-order valence-electron chi connectivity index (χ4n) is 12.8. The number of nitrogens with zero attached hydrogens (tertiary/aromatic N) is 1. The smallest absolute Gasteiger partial charge is 0.309 e. The molecule has 8 atom stereocenters. The molecule has 0 aromatic carbocycles. The molecule has 6 rings (SSSR count). The summed E-state index contributed by atoms with van der Waals surface area (Å²) in [6.07, 6.45) is 7.57. The van der Waals surface area contributed by atoms with Gasteiger partial charge in [-0.25, -0.2) is 0 Å². The third kappa shape index (κ3) is 4.98. The number of piperazine rings is 1. The summed E-state index contributed by atoms with van der Waals surface area (Å²) >= 11 is 0. The average Bonchev–Trinajstić information content (AvgIpc) is 3.32. The van der Waals surface area contributed by atoms with Crippen LogP contribution in [0.15, 0.2) is 11.1 Å². The molecule has 8 nitrogen and oxygen atoms in total. The van der Waals surface area contributed by atoms with Gasteiger partial charge in [-0.3, -0.25) is 19.2 Å². The molecule has 1 saturated heterocycles. The highest BCUT2D eigenvalue weighted by molar-refractivity contribution is 6.00. The largest absolute Gasteiger partial charge is 0.481 e. The van der Waals surface area contributed by atoms with Gasteiger partial charge in [0, 0.05) is 43.9 Å². The zero-order valence-corrected chi connectivity index (χ0v) is 31.2. The zero-order chi connectivity index (χ0) is 35.2. The predicted octanol–water partition coefficient (Wildman–Crippen LogP) is 6.81. The molecule has 0 aromatic heterocycles. The van der Waals surface area contributed by atoms with Gasteiger partial charge in [-0.2, -0.15) is 0 Å². The average molecular weight is 667 g/mol. The number of hydrogen-bond acceptors (Lipinski definition) is 6. The summed E-state index contributed by atoms with van der Waals surface area (Å²) in [6, 6.07) is 0. The number of carboxylic acids is 1. The Balaban J connectivity index is 1.33. The van der Waals surface area contributed by atoms with Gasteiger partial charge in [0.25, 0.3) is 0 Å². The molecule has 268 valence electrons. The van der Waals surface area contributed by atoms with Crippen molar-refractivity contribution in [2.45, 2.75) is 133 Å². The summed E-state index contributed by atoms with van der Waals surface area (Å²) in [5.74, 6) is -0.0971. The van der Waals surface area contributed by atoms with Gasteiger partial charge in [0.2, 0.25) is 5.91 Å². The van der Waals surface area contributed by atoms with E-state index < -0.39 is 22.8 Å². The number of ketones is 1. The quantitative estimate of drug-likeness (QED) is 0.237. The molecule has 8 heteroatoms. The fraction of sp³-hybridized carbons (Fsp3) is 0.850. The highest BCUT2D eigenvalue weighted by atomic mass is 16.5. The van der Waals surface area contributed by atoms with E-state index in [1.165, 1.54) is 11.1 Å². The lowest BCUT2D eigenvalue weighted by Crippen LogP contribution is -2.64. The Hall–Kier alpha value is -2.22. The summed E-state index contributed by atoms with van der Waals surface area (Å²) < 4.78 is 6.15. The lowest BCUT2D eigenvalue weighted by atomic mass is 9.34. The molecule has 0 spiro atoms. The van der Waals surface area contributed by atoms with Crippen LogP contribution in [-0.2, 0) is 23.9 Å². The minimum atomic E-state index is -1.16. The molecule has 1 unspecified atom stereocenters. The maximum absolute atomic E-state index is 14.6. The molecule has 1 heterocycles. The SMILES string of the molecule is CC(C)C1C(=O)C[C@]2(C(=O)N3CCNCC3)CC[C@]3(C)C(=C12)CC[C@@H]1[C@@]2(C)CC[C@H](OC(=O)CC(C)(C)C(=O)O)C(C)(C)[C@@H]2CC[C@]13C. The first-order valence-corrected chi connectivity index (χ1v) is 19.0. The van der Waals surface area contributed by atoms with Crippen LogP contribution in [0.25, 0.3) is 0 Å². The Morgan fingerprint density at radius 3 is 2.25 bits per heavy atom. The van der Waals surface area contributed by atoms with E-state index in [1.54, 1.807) is 13.8 Å². The molecule has 6 aliphatic rings. The number of ether oxygens (including phenoxy) is 1. The van der Waals surface area contributed by atoms with E-state index in [0.29, 0.717) is 31.3 Å². The topological polar surface area (TPSA) is 113 Å². The number of Topliss-reactive ketones (excluding diaryl/α,β-unsaturated/α-hetero) is 1. The molecule has 4 saturated carbocycles. The highest BCUT2D eigenvalue weighted by Crippen LogP contribution is 2.76. The van der Waals surface area contributed by atoms with Crippen molar-refractivity contribution in [3.63, 3.8) is 0 Å². The number of esters is 1. The Morgan fingerprint density at radius 1 is 0.958 bits per heavy atom. The molecule has 5 aliphatic carbocycles. The van der Waals surface area contributed by atoms with Crippen molar-refractivity contribution < 1.29 is 29.0 Å². The second kappa shape index (κ2) is 11.7. The monoisotopic (exact) mass is 666 g/mol. The van der Waals surface area contributed by atoms with Crippen LogP contribution in [0.1, 0.15) is 127 Å². The molecule has 0 aromatic rings. The molecule has 1 aliphatic heterocycles. The van der Waals surface area contributed by atoms with E-state index in [2.05, 4.69) is 53.8 Å². The van der Waals surface area contributed by atoms with Crippen LogP contribution in [0.4, 0.5) is 0 Å². The van der Waals surface area contributed by atoms with Crippen LogP contribution < -0.4 is 5.32 Å². The Morgan fingerprint density at radius 2 is 1.62 bits per heavy atom. The third-order valence-electron chi connectivity index (χ3n) is 15.5. The normalized spacial score (nSPS) is 40.9. The lowest BCUT2D eigenvalue weighted by Gasteiger charge is -2.70. The maximum atomic E-state index is 14.6. The van der Waals surface area contributed by atoms with Gasteiger partial charge in [0.15, 0.2) is 0 Å². The molecule has 0 bridgehead atoms. The van der Waals surface area contributed by atoms with Crippen molar-refractivity contribution in [3.05, 3.63) is 11.1 Å². The number of carboxylic acid groups (broad SMARTS) is 1. The Bertz CT molecular complexity index is 1410. The van der Waals surface area contributed by atoms with E-state index in [4.69, 9.17) is 4.74 Å². The molecule has 1 amide bonds. The number of hydrogen-bond donors (Lipinski definition) is 2. The summed E-state index contributed by atoms with van der Waals surface area (Å²) in [4.78, 5) is 55.3. The van der Waals surface area contributed by atoms with Crippen LogP contribution >= 0.6 is 0 Å². The van der Waals surface area contributed by atoms with Gasteiger partial charge in [-0.15, -0.1) is 0 Å². The number of carbonyl (C=O) groups is 4. The highest BCUT2D eigenvalue weighted by Gasteiger charge is 2.70. The van der Waals surface area contributed by atoms with Crippen molar-refractivity contribution in [2.24, 2.45) is 56.2 Å². The van der Waals surface area contributed by atoms with E-state index in [1.807, 2.05) is 4.90 Å². The van der Waals surface area contributed by atoms with Crippen LogP contribution in [0, 0.1) is 56.2 Å². The van der Waals surface area contributed by atoms with E-state index in [9.17, 15) is 24.3 Å². The van der Waals surface area contributed by atoms with Crippen molar-refractivity contribution in [3.8, 4) is 0 Å². The van der Waals surface area contributed by atoms with Crippen molar-refractivity contribution >= 4 is 23.6 Å². The standard InChI is InChI=1S/C40H62N2O6/c1-24(2)31-26(43)22-40(33(45)42-20-18-41-19-21-42)17-16-38(8)25(32(31)40)10-11-28-37(7)14-13-29(48-30(44)23-35(3,4)34(46)47)36(5,6)27(37)12-15-39(28,38)9/h24,27-29,31,41H,10-23H2,1-9H3,(H,46,47)/t27-,28+,29-,31?,37-,38+,39+,40+/m0/s1. The molecular weight excluding hydrogens is 604 g/mol. The summed E-state index contributed by atoms with van der Waals surface area (Å²) in [5, 5.41) is 13.0. The number of aliphatic carboxylic acids is 1.